The van der Waals surface area contributed by atoms with E-state index in [0.29, 0.717) is 0 Å². The van der Waals surface area contributed by atoms with Crippen molar-refractivity contribution in [3.05, 3.63) is 50.6 Å². The van der Waals surface area contributed by atoms with E-state index in [2.05, 4.69) is 56.5 Å². The number of rotatable bonds is 4. The van der Waals surface area contributed by atoms with Crippen LogP contribution < -0.4 is 10.6 Å². The van der Waals surface area contributed by atoms with E-state index in [1.807, 2.05) is 14.1 Å². The van der Waals surface area contributed by atoms with Crippen LogP contribution in [-0.2, 0) is 6.42 Å². The molecule has 4 heteroatoms. The molecule has 0 amide bonds. The topological polar surface area (TPSA) is 29.3 Å². The van der Waals surface area contributed by atoms with Crippen LogP contribution in [0.1, 0.15) is 16.5 Å². The van der Waals surface area contributed by atoms with Crippen LogP contribution in [0.2, 0.25) is 0 Å². The van der Waals surface area contributed by atoms with Gasteiger partial charge in [-0.3, -0.25) is 0 Å². The van der Waals surface area contributed by atoms with Crippen molar-refractivity contribution in [3.8, 4) is 0 Å². The molecule has 0 radical (unpaired) electrons. The molecule has 1 heterocycles. The highest BCUT2D eigenvalue weighted by Gasteiger charge is 2.09. The van der Waals surface area contributed by atoms with Crippen LogP contribution in [0.25, 0.3) is 0 Å². The Hall–Kier alpha value is -0.840. The summed E-state index contributed by atoms with van der Waals surface area (Å²) in [7, 11) is 4.08. The molecule has 1 unspecified atom stereocenters. The number of nitrogens with zero attached hydrogens (tertiary/aromatic N) is 1. The number of thiophene rings is 1. The van der Waals surface area contributed by atoms with Crippen LogP contribution in [0, 0.1) is 0 Å². The molecule has 2 aromatic rings. The average Bonchev–Trinajstić information content (AvgIpc) is 2.75. The molecule has 0 saturated carbocycles. The fourth-order valence-electron chi connectivity index (χ4n) is 1.82. The highest BCUT2D eigenvalue weighted by atomic mass is 79.9. The summed E-state index contributed by atoms with van der Waals surface area (Å²) in [5, 5.41) is 2.09. The zero-order valence-corrected chi connectivity index (χ0v) is 13.0. The molecule has 0 bridgehead atoms. The van der Waals surface area contributed by atoms with E-state index >= 15 is 0 Å². The van der Waals surface area contributed by atoms with Crippen molar-refractivity contribution in [1.82, 2.24) is 0 Å². The van der Waals surface area contributed by atoms with Gasteiger partial charge in [0.25, 0.3) is 0 Å². The molecule has 1 aromatic carbocycles. The van der Waals surface area contributed by atoms with Gasteiger partial charge in [0, 0.05) is 47.0 Å². The molecule has 1 atom stereocenters. The van der Waals surface area contributed by atoms with Crippen LogP contribution >= 0.6 is 27.3 Å². The number of anilines is 1. The van der Waals surface area contributed by atoms with Crippen molar-refractivity contribution in [2.24, 2.45) is 5.73 Å². The van der Waals surface area contributed by atoms with Crippen LogP contribution in [0.15, 0.2) is 40.2 Å². The maximum Gasteiger partial charge on any atom is 0.0361 e. The zero-order chi connectivity index (χ0) is 13.1. The minimum Gasteiger partial charge on any atom is -0.378 e. The van der Waals surface area contributed by atoms with Gasteiger partial charge >= 0.3 is 0 Å². The van der Waals surface area contributed by atoms with Crippen molar-refractivity contribution in [2.75, 3.05) is 19.0 Å². The zero-order valence-electron chi connectivity index (χ0n) is 10.6. The summed E-state index contributed by atoms with van der Waals surface area (Å²) in [5.74, 6) is 0. The molecule has 0 spiro atoms. The Kier molecular flexibility index (Phi) is 4.43. The normalized spacial score (nSPS) is 12.4. The third-order valence-electron chi connectivity index (χ3n) is 2.88. The summed E-state index contributed by atoms with van der Waals surface area (Å²) < 4.78 is 1.14. The fraction of sp³-hybridized carbons (Fsp3) is 0.286. The number of benzene rings is 1. The third kappa shape index (κ3) is 3.34. The molecule has 18 heavy (non-hydrogen) atoms. The van der Waals surface area contributed by atoms with E-state index in [1.54, 1.807) is 11.3 Å². The molecule has 2 rings (SSSR count). The standard InChI is InChI=1S/C14H17BrN2S/c1-17(2)12-5-3-10(4-6-12)14(16)8-13-7-11(15)9-18-13/h3-7,9,14H,8,16H2,1-2H3. The first-order valence-corrected chi connectivity index (χ1v) is 7.49. The summed E-state index contributed by atoms with van der Waals surface area (Å²) >= 11 is 5.21. The molecular weight excluding hydrogens is 308 g/mol. The summed E-state index contributed by atoms with van der Waals surface area (Å²) in [6.07, 6.45) is 0.886. The van der Waals surface area contributed by atoms with Crippen molar-refractivity contribution < 1.29 is 0 Å². The lowest BCUT2D eigenvalue weighted by Crippen LogP contribution is -2.13. The number of hydrogen-bond acceptors (Lipinski definition) is 3. The summed E-state index contributed by atoms with van der Waals surface area (Å²) in [4.78, 5) is 3.40. The molecule has 0 aliphatic heterocycles. The van der Waals surface area contributed by atoms with Crippen LogP contribution in [0.5, 0.6) is 0 Å². The van der Waals surface area contributed by atoms with Crippen molar-refractivity contribution >= 4 is 33.0 Å². The first-order chi connectivity index (χ1) is 8.56. The van der Waals surface area contributed by atoms with Gasteiger partial charge in [-0.2, -0.15) is 0 Å². The minimum absolute atomic E-state index is 0.0618. The van der Waals surface area contributed by atoms with E-state index in [-0.39, 0.29) is 6.04 Å². The largest absolute Gasteiger partial charge is 0.378 e. The second-order valence-corrected chi connectivity index (χ2v) is 6.44. The lowest BCUT2D eigenvalue weighted by atomic mass is 10.0. The molecular formula is C14H17BrN2S. The lowest BCUT2D eigenvalue weighted by molar-refractivity contribution is 0.730. The van der Waals surface area contributed by atoms with E-state index in [4.69, 9.17) is 5.73 Å². The van der Waals surface area contributed by atoms with Crippen LogP contribution in [0.3, 0.4) is 0 Å². The Morgan fingerprint density at radius 1 is 1.28 bits per heavy atom. The van der Waals surface area contributed by atoms with Gasteiger partial charge < -0.3 is 10.6 Å². The molecule has 1 aromatic heterocycles. The first kappa shape index (κ1) is 13.6. The van der Waals surface area contributed by atoms with E-state index in [9.17, 15) is 0 Å². The molecule has 0 saturated heterocycles. The minimum atomic E-state index is 0.0618. The van der Waals surface area contributed by atoms with E-state index in [0.717, 1.165) is 10.9 Å². The smallest absolute Gasteiger partial charge is 0.0361 e. The molecule has 2 nitrogen and oxygen atoms in total. The summed E-state index contributed by atoms with van der Waals surface area (Å²) in [5.41, 5.74) is 8.62. The second-order valence-electron chi connectivity index (χ2n) is 4.53. The lowest BCUT2D eigenvalue weighted by Gasteiger charge is -2.15. The number of hydrogen-bond donors (Lipinski definition) is 1. The monoisotopic (exact) mass is 324 g/mol. The van der Waals surface area contributed by atoms with Crippen molar-refractivity contribution in [2.45, 2.75) is 12.5 Å². The third-order valence-corrected chi connectivity index (χ3v) is 4.60. The predicted octanol–water partition coefficient (Wildman–Crippen LogP) is 3.82. The molecule has 0 fully saturated rings. The van der Waals surface area contributed by atoms with Gasteiger partial charge in [0.2, 0.25) is 0 Å². The van der Waals surface area contributed by atoms with Gasteiger partial charge in [0.1, 0.15) is 0 Å². The van der Waals surface area contributed by atoms with Gasteiger partial charge in [-0.1, -0.05) is 12.1 Å². The Morgan fingerprint density at radius 3 is 2.44 bits per heavy atom. The predicted molar refractivity (Wildman–Crippen MR) is 83.4 cm³/mol. The average molecular weight is 325 g/mol. The quantitative estimate of drug-likeness (QED) is 0.926. The molecule has 2 N–H and O–H groups in total. The van der Waals surface area contributed by atoms with E-state index < -0.39 is 0 Å². The summed E-state index contributed by atoms with van der Waals surface area (Å²) in [6, 6.07) is 10.6. The van der Waals surface area contributed by atoms with Gasteiger partial charge in [-0.05, 0) is 39.7 Å². The SMILES string of the molecule is CN(C)c1ccc(C(N)Cc2cc(Br)cs2)cc1. The highest BCUT2D eigenvalue weighted by Crippen LogP contribution is 2.25. The first-order valence-electron chi connectivity index (χ1n) is 5.82. The van der Waals surface area contributed by atoms with Crippen molar-refractivity contribution in [3.63, 3.8) is 0 Å². The maximum atomic E-state index is 6.24. The second kappa shape index (κ2) is 5.87. The Labute approximate surface area is 121 Å². The Balaban J connectivity index is 2.06. The maximum absolute atomic E-state index is 6.24. The van der Waals surface area contributed by atoms with Gasteiger partial charge in [0.15, 0.2) is 0 Å². The number of halogens is 1. The molecule has 96 valence electrons. The van der Waals surface area contributed by atoms with Crippen molar-refractivity contribution in [1.29, 1.82) is 0 Å². The van der Waals surface area contributed by atoms with Gasteiger partial charge in [0.05, 0.1) is 0 Å². The molecule has 0 aliphatic carbocycles. The highest BCUT2D eigenvalue weighted by molar-refractivity contribution is 9.10. The summed E-state index contributed by atoms with van der Waals surface area (Å²) in [6.45, 7) is 0. The fourth-order valence-corrected chi connectivity index (χ4v) is 3.33. The molecule has 0 aliphatic rings. The van der Waals surface area contributed by atoms with Gasteiger partial charge in [-0.15, -0.1) is 11.3 Å². The Bertz CT molecular complexity index is 505. The van der Waals surface area contributed by atoms with Crippen LogP contribution in [0.4, 0.5) is 5.69 Å². The van der Waals surface area contributed by atoms with Crippen LogP contribution in [-0.4, -0.2) is 14.1 Å². The van der Waals surface area contributed by atoms with E-state index in [1.165, 1.54) is 16.1 Å². The van der Waals surface area contributed by atoms with Gasteiger partial charge in [-0.25, -0.2) is 0 Å². The number of nitrogens with two attached hydrogens (primary N) is 1. The Morgan fingerprint density at radius 2 is 1.94 bits per heavy atom.